The number of anilines is 1. The molecular weight excluding hydrogens is 234 g/mol. The van der Waals surface area contributed by atoms with Crippen molar-refractivity contribution in [3.05, 3.63) is 23.2 Å². The molecule has 0 spiro atoms. The van der Waals surface area contributed by atoms with Crippen LogP contribution in [0.4, 0.5) is 5.69 Å². The van der Waals surface area contributed by atoms with E-state index in [0.29, 0.717) is 17.0 Å². The lowest BCUT2D eigenvalue weighted by atomic mass is 9.92. The molecule has 1 N–H and O–H groups in total. The maximum absolute atomic E-state index is 6.11. The van der Waals surface area contributed by atoms with E-state index in [4.69, 9.17) is 16.3 Å². The van der Waals surface area contributed by atoms with Gasteiger partial charge in [-0.3, -0.25) is 0 Å². The lowest BCUT2D eigenvalue weighted by Crippen LogP contribution is -2.12. The second kappa shape index (κ2) is 6.15. The Morgan fingerprint density at radius 2 is 2.00 bits per heavy atom. The van der Waals surface area contributed by atoms with Crippen LogP contribution >= 0.6 is 11.6 Å². The van der Waals surface area contributed by atoms with Gasteiger partial charge in [0.25, 0.3) is 0 Å². The summed E-state index contributed by atoms with van der Waals surface area (Å²) >= 11 is 6.11. The van der Waals surface area contributed by atoms with Crippen molar-refractivity contribution in [2.24, 2.45) is 5.41 Å². The Morgan fingerprint density at radius 1 is 1.29 bits per heavy atom. The number of halogens is 1. The van der Waals surface area contributed by atoms with Crippen LogP contribution in [0.15, 0.2) is 18.2 Å². The third-order valence-corrected chi connectivity index (χ3v) is 2.73. The quantitative estimate of drug-likeness (QED) is 0.831. The van der Waals surface area contributed by atoms with Crippen LogP contribution in [-0.2, 0) is 0 Å². The summed E-state index contributed by atoms with van der Waals surface area (Å²) in [6.45, 7) is 10.2. The topological polar surface area (TPSA) is 21.3 Å². The summed E-state index contributed by atoms with van der Waals surface area (Å²) in [7, 11) is 0. The Kier molecular flexibility index (Phi) is 5.13. The molecule has 0 aliphatic rings. The molecule has 0 atom stereocenters. The molecule has 0 aliphatic carbocycles. The van der Waals surface area contributed by atoms with Crippen LogP contribution in [0.25, 0.3) is 0 Å². The van der Waals surface area contributed by atoms with Crippen molar-refractivity contribution in [2.45, 2.75) is 34.1 Å². The van der Waals surface area contributed by atoms with Crippen molar-refractivity contribution in [1.29, 1.82) is 0 Å². The highest BCUT2D eigenvalue weighted by Crippen LogP contribution is 2.28. The van der Waals surface area contributed by atoms with Crippen LogP contribution in [0.1, 0.15) is 34.1 Å². The monoisotopic (exact) mass is 255 g/mol. The molecule has 1 aromatic carbocycles. The van der Waals surface area contributed by atoms with Gasteiger partial charge >= 0.3 is 0 Å². The highest BCUT2D eigenvalue weighted by atomic mass is 35.5. The number of hydrogen-bond donors (Lipinski definition) is 1. The maximum atomic E-state index is 6.11. The van der Waals surface area contributed by atoms with Crippen molar-refractivity contribution >= 4 is 17.3 Å². The molecule has 2 nitrogen and oxygen atoms in total. The molecule has 0 fully saturated rings. The van der Waals surface area contributed by atoms with Gasteiger partial charge in [-0.2, -0.15) is 0 Å². The van der Waals surface area contributed by atoms with Gasteiger partial charge in [-0.1, -0.05) is 32.4 Å². The van der Waals surface area contributed by atoms with Crippen LogP contribution < -0.4 is 10.1 Å². The van der Waals surface area contributed by atoms with Crippen molar-refractivity contribution < 1.29 is 4.74 Å². The number of ether oxygens (including phenoxy) is 1. The second-order valence-corrected chi connectivity index (χ2v) is 5.72. The SMILES string of the molecule is CCOc1ccc(NCCC(C)(C)C)cc1Cl. The van der Waals surface area contributed by atoms with Crippen LogP contribution in [0.3, 0.4) is 0 Å². The van der Waals surface area contributed by atoms with Gasteiger partial charge in [-0.05, 0) is 37.0 Å². The molecular formula is C14H22ClNO. The van der Waals surface area contributed by atoms with Crippen LogP contribution in [0.5, 0.6) is 5.75 Å². The highest BCUT2D eigenvalue weighted by Gasteiger charge is 2.09. The predicted molar refractivity (Wildman–Crippen MR) is 75.2 cm³/mol. The van der Waals surface area contributed by atoms with E-state index >= 15 is 0 Å². The first kappa shape index (κ1) is 14.2. The number of rotatable bonds is 5. The molecule has 0 radical (unpaired) electrons. The van der Waals surface area contributed by atoms with Crippen molar-refractivity contribution in [3.63, 3.8) is 0 Å². The fourth-order valence-electron chi connectivity index (χ4n) is 1.47. The Hall–Kier alpha value is -0.890. The number of benzene rings is 1. The van der Waals surface area contributed by atoms with E-state index < -0.39 is 0 Å². The summed E-state index contributed by atoms with van der Waals surface area (Å²) in [5, 5.41) is 4.03. The number of nitrogens with one attached hydrogen (secondary N) is 1. The van der Waals surface area contributed by atoms with E-state index in [1.807, 2.05) is 25.1 Å². The second-order valence-electron chi connectivity index (χ2n) is 5.32. The first-order valence-corrected chi connectivity index (χ1v) is 6.46. The molecule has 17 heavy (non-hydrogen) atoms. The summed E-state index contributed by atoms with van der Waals surface area (Å²) in [5.74, 6) is 0.746. The molecule has 0 aliphatic heterocycles. The van der Waals surface area contributed by atoms with Crippen molar-refractivity contribution in [3.8, 4) is 5.75 Å². The largest absolute Gasteiger partial charge is 0.492 e. The summed E-state index contributed by atoms with van der Waals surface area (Å²) in [4.78, 5) is 0. The molecule has 96 valence electrons. The van der Waals surface area contributed by atoms with E-state index in [-0.39, 0.29) is 0 Å². The Bertz CT molecular complexity index is 358. The van der Waals surface area contributed by atoms with Crippen molar-refractivity contribution in [2.75, 3.05) is 18.5 Å². The highest BCUT2D eigenvalue weighted by molar-refractivity contribution is 6.32. The summed E-state index contributed by atoms with van der Waals surface area (Å²) in [6.07, 6.45) is 1.12. The van der Waals surface area contributed by atoms with E-state index in [1.54, 1.807) is 0 Å². The van der Waals surface area contributed by atoms with Gasteiger partial charge in [0.15, 0.2) is 0 Å². The van der Waals surface area contributed by atoms with Gasteiger partial charge in [0, 0.05) is 12.2 Å². The molecule has 3 heteroatoms. The van der Waals surface area contributed by atoms with Gasteiger partial charge in [-0.25, -0.2) is 0 Å². The van der Waals surface area contributed by atoms with Crippen molar-refractivity contribution in [1.82, 2.24) is 0 Å². The Morgan fingerprint density at radius 3 is 2.53 bits per heavy atom. The van der Waals surface area contributed by atoms with Gasteiger partial charge in [0.05, 0.1) is 11.6 Å². The molecule has 0 saturated carbocycles. The van der Waals surface area contributed by atoms with E-state index in [2.05, 4.69) is 26.1 Å². The molecule has 0 unspecified atom stereocenters. The summed E-state index contributed by atoms with van der Waals surface area (Å²) < 4.78 is 5.39. The number of hydrogen-bond acceptors (Lipinski definition) is 2. The molecule has 1 aromatic rings. The van der Waals surface area contributed by atoms with Crippen LogP contribution in [0.2, 0.25) is 5.02 Å². The van der Waals surface area contributed by atoms with Gasteiger partial charge in [-0.15, -0.1) is 0 Å². The zero-order valence-corrected chi connectivity index (χ0v) is 11.9. The molecule has 0 heterocycles. The molecule has 0 saturated heterocycles. The fourth-order valence-corrected chi connectivity index (χ4v) is 1.70. The summed E-state index contributed by atoms with van der Waals surface area (Å²) in [5.41, 5.74) is 1.39. The van der Waals surface area contributed by atoms with E-state index in [9.17, 15) is 0 Å². The third-order valence-electron chi connectivity index (χ3n) is 2.44. The first-order valence-electron chi connectivity index (χ1n) is 6.08. The summed E-state index contributed by atoms with van der Waals surface area (Å²) in [6, 6.07) is 5.82. The molecule has 0 aromatic heterocycles. The smallest absolute Gasteiger partial charge is 0.138 e. The van der Waals surface area contributed by atoms with E-state index in [0.717, 1.165) is 24.4 Å². The van der Waals surface area contributed by atoms with Gasteiger partial charge < -0.3 is 10.1 Å². The minimum Gasteiger partial charge on any atom is -0.492 e. The van der Waals surface area contributed by atoms with Crippen LogP contribution in [0, 0.1) is 5.41 Å². The van der Waals surface area contributed by atoms with Gasteiger partial charge in [0.1, 0.15) is 5.75 Å². The zero-order valence-electron chi connectivity index (χ0n) is 11.1. The van der Waals surface area contributed by atoms with E-state index in [1.165, 1.54) is 0 Å². The Labute approximate surface area is 109 Å². The molecule has 1 rings (SSSR count). The fraction of sp³-hybridized carbons (Fsp3) is 0.571. The lowest BCUT2D eigenvalue weighted by molar-refractivity contribution is 0.340. The standard InChI is InChI=1S/C14H22ClNO/c1-5-17-13-7-6-11(10-12(13)15)16-9-8-14(2,3)4/h6-7,10,16H,5,8-9H2,1-4H3. The molecule has 0 bridgehead atoms. The maximum Gasteiger partial charge on any atom is 0.138 e. The average molecular weight is 256 g/mol. The first-order chi connectivity index (χ1) is 7.92. The van der Waals surface area contributed by atoms with Gasteiger partial charge in [0.2, 0.25) is 0 Å². The Balaban J connectivity index is 2.53. The average Bonchev–Trinajstić information content (AvgIpc) is 2.20. The molecule has 0 amide bonds. The third kappa shape index (κ3) is 5.31. The minimum atomic E-state index is 0.349. The zero-order chi connectivity index (χ0) is 12.9. The minimum absolute atomic E-state index is 0.349. The lowest BCUT2D eigenvalue weighted by Gasteiger charge is -2.18. The van der Waals surface area contributed by atoms with Crippen LogP contribution in [-0.4, -0.2) is 13.2 Å². The predicted octanol–water partition coefficient (Wildman–Crippen LogP) is 4.59. The normalized spacial score (nSPS) is 11.4.